The molecule has 49 heavy (non-hydrogen) atoms. The van der Waals surface area contributed by atoms with Crippen LogP contribution in [0.3, 0.4) is 0 Å². The minimum Gasteiger partial charge on any atom is -0.444 e. The number of likely N-dealkylation sites (tertiary alicyclic amines) is 1. The minimum absolute atomic E-state index is 0.0782. The third-order valence-corrected chi connectivity index (χ3v) is 11.0. The largest absolute Gasteiger partial charge is 0.444 e. The molecule has 13 heteroatoms. The van der Waals surface area contributed by atoms with E-state index < -0.39 is 58.9 Å². The van der Waals surface area contributed by atoms with Crippen molar-refractivity contribution in [2.24, 2.45) is 40.2 Å². The molecule has 5 N–H and O–H groups in total. The second-order valence-electron chi connectivity index (χ2n) is 17.6. The second-order valence-corrected chi connectivity index (χ2v) is 17.6. The summed E-state index contributed by atoms with van der Waals surface area (Å²) in [6.45, 7) is 15.7. The van der Waals surface area contributed by atoms with Crippen molar-refractivity contribution in [2.75, 3.05) is 20.1 Å². The molecular weight excluding hydrogens is 628 g/mol. The zero-order valence-corrected chi connectivity index (χ0v) is 31.0. The Bertz CT molecular complexity index is 1290. The van der Waals surface area contributed by atoms with Gasteiger partial charge in [0.05, 0.1) is 12.1 Å². The molecule has 0 bridgehead atoms. The van der Waals surface area contributed by atoms with E-state index in [-0.39, 0.29) is 47.6 Å². The lowest BCUT2D eigenvalue weighted by atomic mass is 9.83. The number of amides is 6. The van der Waals surface area contributed by atoms with Gasteiger partial charge in [-0.25, -0.2) is 9.59 Å². The highest BCUT2D eigenvalue weighted by Gasteiger charge is 2.70. The lowest BCUT2D eigenvalue weighted by molar-refractivity contribution is -0.145. The number of ketones is 1. The summed E-state index contributed by atoms with van der Waals surface area (Å²) in [6.07, 6.45) is 6.72. The topological polar surface area (TPSA) is 180 Å². The van der Waals surface area contributed by atoms with Crippen molar-refractivity contribution in [3.05, 3.63) is 0 Å². The van der Waals surface area contributed by atoms with Gasteiger partial charge in [0.15, 0.2) is 0 Å². The van der Waals surface area contributed by atoms with Crippen LogP contribution in [0.2, 0.25) is 0 Å². The number of piperidine rings is 1. The van der Waals surface area contributed by atoms with Crippen molar-refractivity contribution >= 4 is 35.6 Å². The maximum absolute atomic E-state index is 14.4. The highest BCUT2D eigenvalue weighted by molar-refractivity contribution is 6.37. The molecule has 1 saturated heterocycles. The van der Waals surface area contributed by atoms with Gasteiger partial charge in [-0.3, -0.25) is 19.2 Å². The molecule has 0 radical (unpaired) electrons. The number of hydrogen-bond donors (Lipinski definition) is 4. The number of carbonyl (C=O) groups excluding carboxylic acids is 6. The van der Waals surface area contributed by atoms with Gasteiger partial charge in [-0.15, -0.1) is 0 Å². The number of urea groups is 1. The molecule has 276 valence electrons. The summed E-state index contributed by atoms with van der Waals surface area (Å²) >= 11 is 0. The number of ether oxygens (including phenoxy) is 1. The van der Waals surface area contributed by atoms with Gasteiger partial charge < -0.3 is 36.2 Å². The predicted molar refractivity (Wildman–Crippen MR) is 184 cm³/mol. The Balaban J connectivity index is 1.51. The average Bonchev–Trinajstić information content (AvgIpc) is 3.84. The number of nitrogens with two attached hydrogens (primary N) is 1. The number of Topliss-reactive ketones (excluding diaryl/α,β-unsaturated/α-hetero) is 1. The Morgan fingerprint density at radius 3 is 2.06 bits per heavy atom. The number of likely N-dealkylation sites (N-methyl/N-ethyl adjacent to an activating group) is 1. The quantitative estimate of drug-likeness (QED) is 0.227. The fraction of sp³-hybridized carbons (Fsp3) is 0.833. The number of carbonyl (C=O) groups is 6. The molecule has 1 aliphatic heterocycles. The van der Waals surface area contributed by atoms with Crippen LogP contribution in [0.15, 0.2) is 0 Å². The van der Waals surface area contributed by atoms with Gasteiger partial charge in [0.1, 0.15) is 17.7 Å². The van der Waals surface area contributed by atoms with Crippen molar-refractivity contribution in [2.45, 2.75) is 137 Å². The van der Waals surface area contributed by atoms with Crippen molar-refractivity contribution in [1.82, 2.24) is 25.8 Å². The van der Waals surface area contributed by atoms with E-state index in [4.69, 9.17) is 10.5 Å². The van der Waals surface area contributed by atoms with Crippen LogP contribution in [0.25, 0.3) is 0 Å². The van der Waals surface area contributed by atoms with E-state index in [1.165, 1.54) is 4.90 Å². The third kappa shape index (κ3) is 9.45. The van der Waals surface area contributed by atoms with E-state index in [9.17, 15) is 28.8 Å². The fourth-order valence-electron chi connectivity index (χ4n) is 7.87. The summed E-state index contributed by atoms with van der Waals surface area (Å²) in [5.74, 6) is -2.45. The lowest BCUT2D eigenvalue weighted by Crippen LogP contribution is -2.62. The smallest absolute Gasteiger partial charge is 0.410 e. The number of hydrogen-bond acceptors (Lipinski definition) is 7. The van der Waals surface area contributed by atoms with E-state index in [0.717, 1.165) is 44.9 Å². The monoisotopic (exact) mass is 688 g/mol. The maximum Gasteiger partial charge on any atom is 0.410 e. The number of fused-ring (bicyclic) bond motifs is 1. The van der Waals surface area contributed by atoms with Crippen molar-refractivity contribution in [3.63, 3.8) is 0 Å². The Kier molecular flexibility index (Phi) is 11.3. The Labute approximate surface area is 291 Å². The van der Waals surface area contributed by atoms with Crippen LogP contribution >= 0.6 is 0 Å². The third-order valence-electron chi connectivity index (χ3n) is 11.0. The van der Waals surface area contributed by atoms with Gasteiger partial charge in [0.2, 0.25) is 17.6 Å². The highest BCUT2D eigenvalue weighted by atomic mass is 16.6. The molecule has 4 aliphatic rings. The predicted octanol–water partition coefficient (Wildman–Crippen LogP) is 3.34. The fourth-order valence-corrected chi connectivity index (χ4v) is 7.87. The first kappa shape index (κ1) is 38.4. The number of primary amides is 1. The van der Waals surface area contributed by atoms with Gasteiger partial charge >= 0.3 is 12.1 Å². The van der Waals surface area contributed by atoms with E-state index in [1.54, 1.807) is 32.7 Å². The molecule has 0 aromatic rings. The van der Waals surface area contributed by atoms with Gasteiger partial charge in [0, 0.05) is 20.1 Å². The zero-order chi connectivity index (χ0) is 36.6. The van der Waals surface area contributed by atoms with E-state index in [0.29, 0.717) is 13.0 Å². The first-order valence-corrected chi connectivity index (χ1v) is 18.1. The van der Waals surface area contributed by atoms with E-state index >= 15 is 0 Å². The number of nitrogens with one attached hydrogen (secondary N) is 3. The van der Waals surface area contributed by atoms with Crippen LogP contribution in [0.5, 0.6) is 0 Å². The summed E-state index contributed by atoms with van der Waals surface area (Å²) in [5.41, 5.74) is 3.75. The summed E-state index contributed by atoms with van der Waals surface area (Å²) in [5, 5.41) is 8.82. The van der Waals surface area contributed by atoms with Crippen LogP contribution in [0.1, 0.15) is 107 Å². The van der Waals surface area contributed by atoms with E-state index in [1.807, 2.05) is 20.8 Å². The van der Waals surface area contributed by atoms with Crippen molar-refractivity contribution < 1.29 is 33.5 Å². The number of rotatable bonds is 12. The molecule has 0 aromatic carbocycles. The normalized spacial score (nSPS) is 25.2. The van der Waals surface area contributed by atoms with Gasteiger partial charge in [0.25, 0.3) is 5.91 Å². The second kappa shape index (κ2) is 14.5. The molecular formula is C36H60N6O7. The first-order chi connectivity index (χ1) is 22.6. The van der Waals surface area contributed by atoms with Gasteiger partial charge in [-0.2, -0.15) is 0 Å². The van der Waals surface area contributed by atoms with E-state index in [2.05, 4.69) is 29.8 Å². The van der Waals surface area contributed by atoms with Crippen LogP contribution in [0.4, 0.5) is 9.59 Å². The Morgan fingerprint density at radius 1 is 0.918 bits per heavy atom. The van der Waals surface area contributed by atoms with Crippen molar-refractivity contribution in [3.8, 4) is 0 Å². The van der Waals surface area contributed by atoms with Crippen LogP contribution in [-0.4, -0.2) is 95.3 Å². The standard InChI is InChI=1S/C36H60N6O7/c1-34(2,3)28(40-32(47)39-24(21-13-11-10-12-14-21)19-41(9)33(48)49-35(4,5)6)31(46)42-18-22-25(36(22,7)8)26(42)30(45)38-23(17-20-15-16-20)27(43)29(37)44/h20-26,28H,10-19H2,1-9H3,(H2,37,44)(H,38,45)(H2,39,40,47)/t22-,23?,24+,25-,26-,28+/m0/s1. The molecule has 3 saturated carbocycles. The Morgan fingerprint density at radius 2 is 1.53 bits per heavy atom. The maximum atomic E-state index is 14.4. The van der Waals surface area contributed by atoms with Crippen LogP contribution < -0.4 is 21.7 Å². The molecule has 0 aromatic heterocycles. The zero-order valence-electron chi connectivity index (χ0n) is 31.0. The average molecular weight is 689 g/mol. The molecule has 6 atom stereocenters. The summed E-state index contributed by atoms with van der Waals surface area (Å²) in [4.78, 5) is 82.4. The molecule has 6 amide bonds. The van der Waals surface area contributed by atoms with Crippen molar-refractivity contribution in [1.29, 1.82) is 0 Å². The first-order valence-electron chi connectivity index (χ1n) is 18.1. The van der Waals surface area contributed by atoms with Gasteiger partial charge in [-0.1, -0.05) is 66.7 Å². The molecule has 4 rings (SSSR count). The highest BCUT2D eigenvalue weighted by Crippen LogP contribution is 2.65. The van der Waals surface area contributed by atoms with Gasteiger partial charge in [-0.05, 0) is 74.5 Å². The number of nitrogens with zero attached hydrogens (tertiary/aromatic N) is 2. The lowest BCUT2D eigenvalue weighted by Gasteiger charge is -2.39. The SMILES string of the molecule is CN(C[C@@H](NC(=O)N[C@H](C(=O)N1C[C@H]2[C@@H]([C@H]1C(=O)NC(CC1CC1)C(=O)C(N)=O)C2(C)C)C(C)(C)C)C1CCCCC1)C(=O)OC(C)(C)C. The molecule has 3 aliphatic carbocycles. The van der Waals surface area contributed by atoms with Crippen LogP contribution in [0, 0.1) is 34.5 Å². The Hall–Kier alpha value is -3.38. The molecule has 13 nitrogen and oxygen atoms in total. The summed E-state index contributed by atoms with van der Waals surface area (Å²) in [7, 11) is 1.66. The molecule has 0 spiro atoms. The molecule has 4 fully saturated rings. The molecule has 1 unspecified atom stereocenters. The molecule has 1 heterocycles. The summed E-state index contributed by atoms with van der Waals surface area (Å²) < 4.78 is 5.55. The van der Waals surface area contributed by atoms with Crippen LogP contribution in [-0.2, 0) is 23.9 Å². The minimum atomic E-state index is -1.10. The summed E-state index contributed by atoms with van der Waals surface area (Å²) in [6, 6.07) is -3.76.